The van der Waals surface area contributed by atoms with Crippen LogP contribution in [0.15, 0.2) is 18.2 Å². The molecule has 0 aromatic heterocycles. The first-order valence-corrected chi connectivity index (χ1v) is 4.43. The van der Waals surface area contributed by atoms with E-state index in [4.69, 9.17) is 15.7 Å². The van der Waals surface area contributed by atoms with Crippen molar-refractivity contribution in [3.05, 3.63) is 18.2 Å². The number of fused-ring (bicyclic) bond motifs is 1. The first-order valence-electron chi connectivity index (χ1n) is 4.43. The summed E-state index contributed by atoms with van der Waals surface area (Å²) >= 11 is 0. The molecule has 2 rings (SSSR count). The lowest BCUT2D eigenvalue weighted by molar-refractivity contribution is -0.124. The van der Waals surface area contributed by atoms with Crippen molar-refractivity contribution >= 4 is 17.3 Å². The molecule has 1 aromatic rings. The van der Waals surface area contributed by atoms with Gasteiger partial charge in [0.05, 0.1) is 0 Å². The lowest BCUT2D eigenvalue weighted by atomic mass is 10.2. The van der Waals surface area contributed by atoms with Crippen LogP contribution in [0.1, 0.15) is 6.92 Å². The van der Waals surface area contributed by atoms with Crippen LogP contribution >= 0.6 is 0 Å². The summed E-state index contributed by atoms with van der Waals surface area (Å²) in [6, 6.07) is 4.86. The normalized spacial score (nSPS) is 19.1. The minimum absolute atomic E-state index is 0.379. The summed E-state index contributed by atoms with van der Waals surface area (Å²) < 4.78 is 5.33. The van der Waals surface area contributed by atoms with Crippen molar-refractivity contribution in [2.75, 3.05) is 10.6 Å². The van der Waals surface area contributed by atoms with Crippen LogP contribution in [0.2, 0.25) is 0 Å². The second-order valence-corrected chi connectivity index (χ2v) is 3.26. The van der Waals surface area contributed by atoms with Crippen LogP contribution in [-0.4, -0.2) is 12.0 Å². The molecule has 1 unspecified atom stereocenters. The topological polar surface area (TPSA) is 79.3 Å². The third-order valence-corrected chi connectivity index (χ3v) is 2.20. The molecule has 1 atom stereocenters. The monoisotopic (exact) mass is 203 g/mol. The molecule has 15 heavy (non-hydrogen) atoms. The first kappa shape index (κ1) is 9.34. The number of hydrogen-bond acceptors (Lipinski definition) is 4. The lowest BCUT2D eigenvalue weighted by Gasteiger charge is -2.27. The van der Waals surface area contributed by atoms with E-state index in [-0.39, 0.29) is 5.91 Å². The number of nitrogens with two attached hydrogens (primary N) is 1. The third-order valence-electron chi connectivity index (χ3n) is 2.20. The maximum absolute atomic E-state index is 11.6. The Hall–Kier alpha value is -2.22. The van der Waals surface area contributed by atoms with Crippen LogP contribution in [0.5, 0.6) is 5.75 Å². The molecule has 0 saturated carbocycles. The van der Waals surface area contributed by atoms with Crippen LogP contribution < -0.4 is 15.4 Å². The van der Waals surface area contributed by atoms with Gasteiger partial charge in [-0.3, -0.25) is 4.79 Å². The van der Waals surface area contributed by atoms with E-state index in [0.29, 0.717) is 17.1 Å². The summed E-state index contributed by atoms with van der Waals surface area (Å²) in [4.78, 5) is 12.6. The number of carbonyl (C=O) groups is 1. The number of hydrogen-bond donors (Lipinski definition) is 1. The van der Waals surface area contributed by atoms with Crippen molar-refractivity contribution < 1.29 is 9.53 Å². The molecule has 5 heteroatoms. The van der Waals surface area contributed by atoms with Gasteiger partial charge < -0.3 is 10.5 Å². The Balaban J connectivity index is 2.57. The highest BCUT2D eigenvalue weighted by Crippen LogP contribution is 2.34. The fraction of sp³-hybridized carbons (Fsp3) is 0.200. The fourth-order valence-corrected chi connectivity index (χ4v) is 1.45. The Morgan fingerprint density at radius 2 is 2.33 bits per heavy atom. The predicted molar refractivity (Wildman–Crippen MR) is 54.0 cm³/mol. The summed E-state index contributed by atoms with van der Waals surface area (Å²) in [7, 11) is 0. The van der Waals surface area contributed by atoms with Gasteiger partial charge in [0.2, 0.25) is 0 Å². The minimum atomic E-state index is -0.638. The zero-order valence-electron chi connectivity index (χ0n) is 8.10. The van der Waals surface area contributed by atoms with Crippen molar-refractivity contribution in [3.8, 4) is 11.9 Å². The van der Waals surface area contributed by atoms with E-state index in [1.165, 1.54) is 0 Å². The third kappa shape index (κ3) is 1.36. The number of nitrogen functional groups attached to an aromatic ring is 1. The highest BCUT2D eigenvalue weighted by atomic mass is 16.5. The Morgan fingerprint density at radius 3 is 3.00 bits per heavy atom. The van der Waals surface area contributed by atoms with E-state index in [9.17, 15) is 4.79 Å². The summed E-state index contributed by atoms with van der Waals surface area (Å²) in [6.45, 7) is 1.60. The molecule has 1 aromatic carbocycles. The fourth-order valence-electron chi connectivity index (χ4n) is 1.45. The van der Waals surface area contributed by atoms with Crippen molar-refractivity contribution in [3.63, 3.8) is 0 Å². The Labute approximate surface area is 86.7 Å². The molecule has 0 saturated heterocycles. The molecule has 0 spiro atoms. The zero-order valence-corrected chi connectivity index (χ0v) is 8.10. The molecule has 0 aliphatic carbocycles. The Bertz CT molecular complexity index is 464. The minimum Gasteiger partial charge on any atom is -0.479 e. The molecule has 1 aliphatic heterocycles. The van der Waals surface area contributed by atoms with Crippen LogP contribution in [0.4, 0.5) is 11.4 Å². The van der Waals surface area contributed by atoms with Crippen molar-refractivity contribution in [2.24, 2.45) is 0 Å². The van der Waals surface area contributed by atoms with Gasteiger partial charge in [0.1, 0.15) is 11.4 Å². The number of amides is 1. The molecular weight excluding hydrogens is 194 g/mol. The second-order valence-electron chi connectivity index (χ2n) is 3.26. The molecule has 0 radical (unpaired) electrons. The van der Waals surface area contributed by atoms with Crippen LogP contribution in [0.3, 0.4) is 0 Å². The molecule has 0 bridgehead atoms. The highest BCUT2D eigenvalue weighted by Gasteiger charge is 2.31. The van der Waals surface area contributed by atoms with Crippen molar-refractivity contribution in [2.45, 2.75) is 13.0 Å². The number of ether oxygens (including phenoxy) is 1. The standard InChI is InChI=1S/C10H9N3O2/c1-6-10(14)13(5-11)8-4-7(12)2-3-9(8)15-6/h2-4,6H,12H2,1H3. The maximum atomic E-state index is 11.6. The summed E-state index contributed by atoms with van der Waals surface area (Å²) in [5.74, 6) is 0.119. The number of anilines is 2. The van der Waals surface area contributed by atoms with Gasteiger partial charge in [-0.1, -0.05) is 0 Å². The van der Waals surface area contributed by atoms with Gasteiger partial charge in [-0.15, -0.1) is 0 Å². The number of nitrogens with zero attached hydrogens (tertiary/aromatic N) is 2. The highest BCUT2D eigenvalue weighted by molar-refractivity contribution is 6.02. The largest absolute Gasteiger partial charge is 0.479 e. The average molecular weight is 203 g/mol. The summed E-state index contributed by atoms with van der Waals surface area (Å²) in [5.41, 5.74) is 6.47. The smallest absolute Gasteiger partial charge is 0.281 e. The van der Waals surface area contributed by atoms with Gasteiger partial charge in [-0.05, 0) is 25.1 Å². The summed E-state index contributed by atoms with van der Waals surface area (Å²) in [5, 5.41) is 8.88. The van der Waals surface area contributed by atoms with Crippen molar-refractivity contribution in [1.29, 1.82) is 5.26 Å². The second kappa shape index (κ2) is 3.17. The molecule has 1 amide bonds. The maximum Gasteiger partial charge on any atom is 0.281 e. The molecule has 0 fully saturated rings. The van der Waals surface area contributed by atoms with Crippen LogP contribution in [0, 0.1) is 11.5 Å². The van der Waals surface area contributed by atoms with E-state index in [0.717, 1.165) is 4.90 Å². The van der Waals surface area contributed by atoms with Crippen molar-refractivity contribution in [1.82, 2.24) is 0 Å². The molecule has 1 aliphatic rings. The predicted octanol–water partition coefficient (Wildman–Crippen LogP) is 0.864. The zero-order chi connectivity index (χ0) is 11.0. The van der Waals surface area contributed by atoms with Gasteiger partial charge in [-0.2, -0.15) is 5.26 Å². The molecule has 2 N–H and O–H groups in total. The van der Waals surface area contributed by atoms with Gasteiger partial charge in [0.15, 0.2) is 12.3 Å². The first-order chi connectivity index (χ1) is 7.13. The van der Waals surface area contributed by atoms with Crippen LogP contribution in [0.25, 0.3) is 0 Å². The SMILES string of the molecule is CC1Oc2ccc(N)cc2N(C#N)C1=O. The van der Waals surface area contributed by atoms with Gasteiger partial charge >= 0.3 is 0 Å². The lowest BCUT2D eigenvalue weighted by Crippen LogP contribution is -2.41. The molecule has 76 valence electrons. The van der Waals surface area contributed by atoms with E-state index >= 15 is 0 Å². The Morgan fingerprint density at radius 1 is 1.60 bits per heavy atom. The number of benzene rings is 1. The van der Waals surface area contributed by atoms with Gasteiger partial charge in [0.25, 0.3) is 5.91 Å². The number of nitriles is 1. The molecular formula is C10H9N3O2. The van der Waals surface area contributed by atoms with E-state index in [1.807, 2.05) is 6.19 Å². The number of carbonyl (C=O) groups excluding carboxylic acids is 1. The van der Waals surface area contributed by atoms with Gasteiger partial charge in [-0.25, -0.2) is 4.90 Å². The quantitative estimate of drug-likeness (QED) is 0.501. The van der Waals surface area contributed by atoms with Gasteiger partial charge in [0, 0.05) is 5.69 Å². The van der Waals surface area contributed by atoms with E-state index in [1.54, 1.807) is 25.1 Å². The average Bonchev–Trinajstić information content (AvgIpc) is 2.21. The molecule has 5 nitrogen and oxygen atoms in total. The molecule has 1 heterocycles. The number of rotatable bonds is 0. The van der Waals surface area contributed by atoms with Crippen LogP contribution in [-0.2, 0) is 4.79 Å². The Kier molecular flexibility index (Phi) is 1.97. The van der Waals surface area contributed by atoms with E-state index in [2.05, 4.69) is 0 Å². The van der Waals surface area contributed by atoms with E-state index < -0.39 is 6.10 Å². The summed E-state index contributed by atoms with van der Waals surface area (Å²) in [6.07, 6.45) is 1.18.